The normalized spacial score (nSPS) is 20.7. The van der Waals surface area contributed by atoms with Crippen LogP contribution in [0.5, 0.6) is 0 Å². The van der Waals surface area contributed by atoms with Gasteiger partial charge in [-0.3, -0.25) is 9.78 Å². The highest BCUT2D eigenvalue weighted by Gasteiger charge is 2.32. The summed E-state index contributed by atoms with van der Waals surface area (Å²) in [5.41, 5.74) is 4.26. The van der Waals surface area contributed by atoms with Gasteiger partial charge in [-0.1, -0.05) is 26.8 Å². The predicted molar refractivity (Wildman–Crippen MR) is 105 cm³/mol. The van der Waals surface area contributed by atoms with E-state index in [0.717, 1.165) is 40.0 Å². The Balaban J connectivity index is 1.74. The number of ketones is 1. The third-order valence-electron chi connectivity index (χ3n) is 5.37. The first-order valence-electron chi connectivity index (χ1n) is 9.12. The van der Waals surface area contributed by atoms with Gasteiger partial charge >= 0.3 is 0 Å². The molecule has 5 heteroatoms. The topological polar surface area (TPSA) is 66.9 Å². The van der Waals surface area contributed by atoms with E-state index in [1.807, 2.05) is 38.5 Å². The van der Waals surface area contributed by atoms with Crippen LogP contribution in [0.4, 0.5) is 5.82 Å². The summed E-state index contributed by atoms with van der Waals surface area (Å²) in [6.07, 6.45) is 8.29. The summed E-state index contributed by atoms with van der Waals surface area (Å²) in [7, 11) is 0. The van der Waals surface area contributed by atoms with Crippen LogP contribution in [0.2, 0.25) is 0 Å². The second kappa shape index (κ2) is 5.94. The lowest BCUT2D eigenvalue weighted by atomic mass is 9.85. The smallest absolute Gasteiger partial charge is 0.158 e. The molecular weight excluding hydrogens is 324 g/mol. The Morgan fingerprint density at radius 3 is 2.85 bits per heavy atom. The van der Waals surface area contributed by atoms with Crippen molar-refractivity contribution in [3.05, 3.63) is 47.6 Å². The van der Waals surface area contributed by atoms with Crippen LogP contribution in [0.25, 0.3) is 16.3 Å². The molecule has 0 saturated carbocycles. The second-order valence-corrected chi connectivity index (χ2v) is 7.75. The van der Waals surface area contributed by atoms with Crippen molar-refractivity contribution in [2.75, 3.05) is 11.9 Å². The summed E-state index contributed by atoms with van der Waals surface area (Å²) in [4.78, 5) is 21.3. The van der Waals surface area contributed by atoms with Gasteiger partial charge in [0.1, 0.15) is 11.9 Å². The third-order valence-corrected chi connectivity index (χ3v) is 5.37. The molecule has 2 aliphatic rings. The molecule has 0 fully saturated rings. The highest BCUT2D eigenvalue weighted by molar-refractivity contribution is 5.94. The van der Waals surface area contributed by atoms with Crippen molar-refractivity contribution in [3.63, 3.8) is 0 Å². The van der Waals surface area contributed by atoms with E-state index in [1.54, 1.807) is 0 Å². The SMILES string of the molecule is CCC(=O)C1C=C(C)C(c2cc3cnc4c(c3cn2)C(C)(C)CN4)=CN1. The van der Waals surface area contributed by atoms with Crippen LogP contribution in [-0.4, -0.2) is 28.3 Å². The summed E-state index contributed by atoms with van der Waals surface area (Å²) in [5.74, 6) is 1.16. The number of fused-ring (bicyclic) bond motifs is 3. The number of dihydropyridines is 1. The molecule has 2 aliphatic heterocycles. The number of Topliss-reactive ketones (excluding diaryl/α,β-unsaturated/α-hetero) is 1. The molecule has 1 atom stereocenters. The van der Waals surface area contributed by atoms with Gasteiger partial charge in [-0.2, -0.15) is 0 Å². The summed E-state index contributed by atoms with van der Waals surface area (Å²) in [6, 6.07) is 1.85. The van der Waals surface area contributed by atoms with Crippen LogP contribution in [0.1, 0.15) is 45.4 Å². The Kier molecular flexibility index (Phi) is 3.83. The Morgan fingerprint density at radius 1 is 1.31 bits per heavy atom. The van der Waals surface area contributed by atoms with Crippen LogP contribution >= 0.6 is 0 Å². The molecule has 0 aromatic carbocycles. The minimum atomic E-state index is -0.235. The second-order valence-electron chi connectivity index (χ2n) is 7.75. The molecule has 4 rings (SSSR count). The number of nitrogens with one attached hydrogen (secondary N) is 2. The third kappa shape index (κ3) is 2.59. The standard InChI is InChI=1S/C21H24N4O/c1-5-18(26)17-6-12(2)14(9-23-17)16-7-13-8-24-20-19(15(13)10-22-16)21(3,4)11-25-20/h6-10,17,23H,5,11H2,1-4H3,(H,24,25). The molecule has 4 heterocycles. The van der Waals surface area contributed by atoms with Gasteiger partial charge in [0.25, 0.3) is 0 Å². The fourth-order valence-corrected chi connectivity index (χ4v) is 3.83. The zero-order valence-electron chi connectivity index (χ0n) is 15.7. The van der Waals surface area contributed by atoms with E-state index in [9.17, 15) is 4.79 Å². The van der Waals surface area contributed by atoms with Crippen molar-refractivity contribution in [2.24, 2.45) is 0 Å². The Bertz CT molecular complexity index is 971. The van der Waals surface area contributed by atoms with Crippen molar-refractivity contribution in [2.45, 2.75) is 45.6 Å². The number of carbonyl (C=O) groups is 1. The minimum Gasteiger partial charge on any atom is -0.378 e. The molecule has 2 aromatic rings. The minimum absolute atomic E-state index is 0.0419. The maximum Gasteiger partial charge on any atom is 0.158 e. The lowest BCUT2D eigenvalue weighted by Gasteiger charge is -2.21. The molecule has 2 aromatic heterocycles. The van der Waals surface area contributed by atoms with Crippen molar-refractivity contribution < 1.29 is 4.79 Å². The first kappa shape index (κ1) is 16.8. The summed E-state index contributed by atoms with van der Waals surface area (Å²) >= 11 is 0. The molecule has 0 amide bonds. The quantitative estimate of drug-likeness (QED) is 0.888. The molecule has 26 heavy (non-hydrogen) atoms. The fourth-order valence-electron chi connectivity index (χ4n) is 3.83. The van der Waals surface area contributed by atoms with Crippen LogP contribution in [0, 0.1) is 0 Å². The van der Waals surface area contributed by atoms with Gasteiger partial charge in [-0.15, -0.1) is 0 Å². The van der Waals surface area contributed by atoms with Crippen LogP contribution in [0.3, 0.4) is 0 Å². The highest BCUT2D eigenvalue weighted by atomic mass is 16.1. The zero-order valence-corrected chi connectivity index (χ0v) is 15.7. The predicted octanol–water partition coefficient (Wildman–Crippen LogP) is 3.57. The van der Waals surface area contributed by atoms with E-state index in [0.29, 0.717) is 6.42 Å². The monoisotopic (exact) mass is 348 g/mol. The van der Waals surface area contributed by atoms with Gasteiger partial charge in [0, 0.05) is 58.9 Å². The van der Waals surface area contributed by atoms with E-state index < -0.39 is 0 Å². The number of hydrogen-bond donors (Lipinski definition) is 2. The molecule has 0 saturated heterocycles. The van der Waals surface area contributed by atoms with Gasteiger partial charge in [-0.05, 0) is 18.6 Å². The number of hydrogen-bond acceptors (Lipinski definition) is 5. The van der Waals surface area contributed by atoms with E-state index in [-0.39, 0.29) is 17.2 Å². The molecule has 134 valence electrons. The summed E-state index contributed by atoms with van der Waals surface area (Å²) < 4.78 is 0. The van der Waals surface area contributed by atoms with Gasteiger partial charge in [-0.25, -0.2) is 4.98 Å². The van der Waals surface area contributed by atoms with Crippen molar-refractivity contribution in [1.82, 2.24) is 15.3 Å². The van der Waals surface area contributed by atoms with E-state index in [1.165, 1.54) is 5.56 Å². The van der Waals surface area contributed by atoms with Gasteiger partial charge < -0.3 is 10.6 Å². The number of aromatic nitrogens is 2. The van der Waals surface area contributed by atoms with E-state index in [4.69, 9.17) is 4.98 Å². The number of pyridine rings is 2. The Labute approximate surface area is 153 Å². The molecule has 5 nitrogen and oxygen atoms in total. The van der Waals surface area contributed by atoms with Gasteiger partial charge in [0.2, 0.25) is 0 Å². The van der Waals surface area contributed by atoms with Crippen LogP contribution < -0.4 is 10.6 Å². The maximum absolute atomic E-state index is 11.9. The van der Waals surface area contributed by atoms with E-state index in [2.05, 4.69) is 35.5 Å². The summed E-state index contributed by atoms with van der Waals surface area (Å²) in [6.45, 7) is 9.26. The number of allylic oxidation sites excluding steroid dienone is 2. The highest BCUT2D eigenvalue weighted by Crippen LogP contribution is 2.40. The van der Waals surface area contributed by atoms with Crippen LogP contribution in [0.15, 0.2) is 36.3 Å². The van der Waals surface area contributed by atoms with Crippen molar-refractivity contribution in [3.8, 4) is 0 Å². The molecule has 2 N–H and O–H groups in total. The lowest BCUT2D eigenvalue weighted by molar-refractivity contribution is -0.119. The Hall–Kier alpha value is -2.69. The molecule has 0 aliphatic carbocycles. The molecule has 1 unspecified atom stereocenters. The number of nitrogens with zero attached hydrogens (tertiary/aromatic N) is 2. The van der Waals surface area contributed by atoms with E-state index >= 15 is 0 Å². The first-order chi connectivity index (χ1) is 12.4. The van der Waals surface area contributed by atoms with Crippen molar-refractivity contribution >= 4 is 27.9 Å². The van der Waals surface area contributed by atoms with Crippen LogP contribution in [-0.2, 0) is 10.2 Å². The molecular formula is C21H24N4O. The average Bonchev–Trinajstić information content (AvgIpc) is 2.95. The Morgan fingerprint density at radius 2 is 2.12 bits per heavy atom. The molecule has 0 spiro atoms. The van der Waals surface area contributed by atoms with Crippen molar-refractivity contribution in [1.29, 1.82) is 0 Å². The summed E-state index contributed by atoms with van der Waals surface area (Å²) in [5, 5.41) is 8.83. The molecule has 0 bridgehead atoms. The first-order valence-corrected chi connectivity index (χ1v) is 9.12. The maximum atomic E-state index is 11.9. The largest absolute Gasteiger partial charge is 0.378 e. The lowest BCUT2D eigenvalue weighted by Crippen LogP contribution is -2.33. The number of carbonyl (C=O) groups excluding carboxylic acids is 1. The van der Waals surface area contributed by atoms with Gasteiger partial charge in [0.05, 0.1) is 5.69 Å². The number of rotatable bonds is 3. The van der Waals surface area contributed by atoms with Gasteiger partial charge in [0.15, 0.2) is 5.78 Å². The molecule has 0 radical (unpaired) electrons. The average molecular weight is 348 g/mol. The zero-order chi connectivity index (χ0) is 18.5. The fraction of sp³-hybridized carbons (Fsp3) is 0.381. The number of anilines is 1.